The average Bonchev–Trinajstić information content (AvgIpc) is 2.22. The fourth-order valence-electron chi connectivity index (χ4n) is 2.08. The van der Waals surface area contributed by atoms with E-state index in [9.17, 15) is 0 Å². The van der Waals surface area contributed by atoms with Gasteiger partial charge in [0, 0.05) is 18.3 Å². The molecule has 0 aromatic heterocycles. The van der Waals surface area contributed by atoms with Gasteiger partial charge in [0.25, 0.3) is 0 Å². The van der Waals surface area contributed by atoms with Crippen molar-refractivity contribution in [2.45, 2.75) is 38.8 Å². The molecule has 1 aromatic carbocycles. The van der Waals surface area contributed by atoms with Crippen LogP contribution in [0.4, 0.5) is 5.69 Å². The van der Waals surface area contributed by atoms with E-state index in [-0.39, 0.29) is 0 Å². The van der Waals surface area contributed by atoms with Crippen LogP contribution in [-0.4, -0.2) is 18.8 Å². The zero-order valence-corrected chi connectivity index (χ0v) is 9.49. The van der Waals surface area contributed by atoms with Crippen LogP contribution < -0.4 is 5.32 Å². The molecule has 82 valence electrons. The van der Waals surface area contributed by atoms with Crippen molar-refractivity contribution < 1.29 is 4.74 Å². The number of para-hydroxylation sites is 1. The Hall–Kier alpha value is -1.02. The van der Waals surface area contributed by atoms with E-state index >= 15 is 0 Å². The summed E-state index contributed by atoms with van der Waals surface area (Å²) in [4.78, 5) is 0. The van der Waals surface area contributed by atoms with Gasteiger partial charge in [-0.15, -0.1) is 0 Å². The van der Waals surface area contributed by atoms with E-state index in [1.165, 1.54) is 11.3 Å². The molecule has 0 saturated carbocycles. The lowest BCUT2D eigenvalue weighted by Crippen LogP contribution is -2.32. The number of hydrogen-bond donors (Lipinski definition) is 1. The summed E-state index contributed by atoms with van der Waals surface area (Å²) >= 11 is 0. The maximum atomic E-state index is 5.54. The zero-order valence-electron chi connectivity index (χ0n) is 9.49. The Morgan fingerprint density at radius 3 is 2.87 bits per heavy atom. The lowest BCUT2D eigenvalue weighted by Gasteiger charge is -2.29. The molecule has 1 aromatic rings. The van der Waals surface area contributed by atoms with Crippen molar-refractivity contribution in [2.24, 2.45) is 0 Å². The summed E-state index contributed by atoms with van der Waals surface area (Å²) in [5, 5.41) is 3.60. The molecule has 0 spiro atoms. The molecule has 0 aliphatic carbocycles. The monoisotopic (exact) mass is 205 g/mol. The second-order valence-corrected chi connectivity index (χ2v) is 4.36. The highest BCUT2D eigenvalue weighted by molar-refractivity contribution is 5.50. The number of nitrogens with one attached hydrogen (secondary N) is 1. The molecule has 2 unspecified atom stereocenters. The smallest absolute Gasteiger partial charge is 0.0566 e. The van der Waals surface area contributed by atoms with E-state index in [0.29, 0.717) is 12.1 Å². The molecule has 15 heavy (non-hydrogen) atoms. The van der Waals surface area contributed by atoms with Crippen LogP contribution in [0.3, 0.4) is 0 Å². The van der Waals surface area contributed by atoms with Crippen LogP contribution >= 0.6 is 0 Å². The normalized spacial score (nSPS) is 26.3. The topological polar surface area (TPSA) is 21.3 Å². The van der Waals surface area contributed by atoms with Gasteiger partial charge >= 0.3 is 0 Å². The first-order valence-electron chi connectivity index (χ1n) is 5.69. The van der Waals surface area contributed by atoms with E-state index in [1.54, 1.807) is 0 Å². The lowest BCUT2D eigenvalue weighted by molar-refractivity contribution is 0.0232. The molecular formula is C13H19NO. The summed E-state index contributed by atoms with van der Waals surface area (Å²) in [6.45, 7) is 5.17. The zero-order chi connectivity index (χ0) is 10.7. The van der Waals surface area contributed by atoms with Crippen LogP contribution in [0.15, 0.2) is 24.3 Å². The predicted molar refractivity (Wildman–Crippen MR) is 63.2 cm³/mol. The third kappa shape index (κ3) is 2.72. The molecule has 2 nitrogen and oxygen atoms in total. The fraction of sp³-hybridized carbons (Fsp3) is 0.538. The second kappa shape index (κ2) is 4.67. The van der Waals surface area contributed by atoms with Crippen LogP contribution in [0, 0.1) is 6.92 Å². The first-order valence-corrected chi connectivity index (χ1v) is 5.69. The molecule has 1 aliphatic heterocycles. The number of aryl methyl sites for hydroxylation is 1. The Balaban J connectivity index is 1.99. The molecule has 0 radical (unpaired) electrons. The van der Waals surface area contributed by atoms with Gasteiger partial charge < -0.3 is 10.1 Å². The number of anilines is 1. The first kappa shape index (κ1) is 10.5. The van der Waals surface area contributed by atoms with E-state index < -0.39 is 0 Å². The quantitative estimate of drug-likeness (QED) is 0.801. The largest absolute Gasteiger partial charge is 0.382 e. The molecule has 0 amide bonds. The lowest BCUT2D eigenvalue weighted by atomic mass is 10.0. The molecule has 1 aliphatic rings. The van der Waals surface area contributed by atoms with Gasteiger partial charge in [0.1, 0.15) is 0 Å². The van der Waals surface area contributed by atoms with Gasteiger partial charge in [-0.25, -0.2) is 0 Å². The molecule has 1 N–H and O–H groups in total. The standard InChI is InChI=1S/C13H19NO/c1-10-5-3-4-6-13(10)14-12-7-8-15-11(2)9-12/h3-6,11-12,14H,7-9H2,1-2H3. The second-order valence-electron chi connectivity index (χ2n) is 4.36. The van der Waals surface area contributed by atoms with Crippen molar-refractivity contribution in [3.8, 4) is 0 Å². The molecule has 2 rings (SSSR count). The van der Waals surface area contributed by atoms with Crippen LogP contribution in [-0.2, 0) is 4.74 Å². The third-order valence-electron chi connectivity index (χ3n) is 2.99. The van der Waals surface area contributed by atoms with Crippen molar-refractivity contribution in [1.82, 2.24) is 0 Å². The van der Waals surface area contributed by atoms with Crippen molar-refractivity contribution >= 4 is 5.69 Å². The van der Waals surface area contributed by atoms with Crippen LogP contribution in [0.5, 0.6) is 0 Å². The molecule has 0 bridgehead atoms. The van der Waals surface area contributed by atoms with Crippen molar-refractivity contribution in [3.63, 3.8) is 0 Å². The Kier molecular flexibility index (Phi) is 3.27. The maximum absolute atomic E-state index is 5.54. The summed E-state index contributed by atoms with van der Waals surface area (Å²) < 4.78 is 5.54. The molecule has 1 saturated heterocycles. The first-order chi connectivity index (χ1) is 7.25. The Morgan fingerprint density at radius 2 is 2.13 bits per heavy atom. The fourth-order valence-corrected chi connectivity index (χ4v) is 2.08. The van der Waals surface area contributed by atoms with E-state index in [2.05, 4.69) is 43.4 Å². The molecular weight excluding hydrogens is 186 g/mol. The Morgan fingerprint density at radius 1 is 1.33 bits per heavy atom. The molecule has 2 atom stereocenters. The summed E-state index contributed by atoms with van der Waals surface area (Å²) in [7, 11) is 0. The average molecular weight is 205 g/mol. The minimum absolute atomic E-state index is 0.389. The van der Waals surface area contributed by atoms with E-state index in [0.717, 1.165) is 19.4 Å². The molecule has 1 fully saturated rings. The van der Waals surface area contributed by atoms with Crippen LogP contribution in [0.25, 0.3) is 0 Å². The van der Waals surface area contributed by atoms with Gasteiger partial charge in [0.2, 0.25) is 0 Å². The number of benzene rings is 1. The molecule has 1 heterocycles. The summed E-state index contributed by atoms with van der Waals surface area (Å²) in [5.74, 6) is 0. The van der Waals surface area contributed by atoms with Crippen LogP contribution in [0.2, 0.25) is 0 Å². The molecule has 2 heteroatoms. The summed E-state index contributed by atoms with van der Waals surface area (Å²) in [6, 6.07) is 9.01. The van der Waals surface area contributed by atoms with Gasteiger partial charge in [0.15, 0.2) is 0 Å². The van der Waals surface area contributed by atoms with Gasteiger partial charge in [-0.05, 0) is 38.3 Å². The van der Waals surface area contributed by atoms with Gasteiger partial charge in [-0.3, -0.25) is 0 Å². The van der Waals surface area contributed by atoms with Crippen molar-refractivity contribution in [2.75, 3.05) is 11.9 Å². The summed E-state index contributed by atoms with van der Waals surface area (Å²) in [5.41, 5.74) is 2.58. The maximum Gasteiger partial charge on any atom is 0.0566 e. The number of hydrogen-bond acceptors (Lipinski definition) is 2. The predicted octanol–water partition coefficient (Wildman–Crippen LogP) is 2.97. The highest BCUT2D eigenvalue weighted by Crippen LogP contribution is 2.20. The summed E-state index contributed by atoms with van der Waals surface area (Å²) in [6.07, 6.45) is 2.60. The van der Waals surface area contributed by atoms with Crippen molar-refractivity contribution in [1.29, 1.82) is 0 Å². The van der Waals surface area contributed by atoms with Gasteiger partial charge in [0.05, 0.1) is 6.10 Å². The SMILES string of the molecule is Cc1ccccc1NC1CCOC(C)C1. The Bertz CT molecular complexity index is 324. The minimum Gasteiger partial charge on any atom is -0.382 e. The third-order valence-corrected chi connectivity index (χ3v) is 2.99. The van der Waals surface area contributed by atoms with Gasteiger partial charge in [-0.2, -0.15) is 0 Å². The Labute approximate surface area is 91.6 Å². The highest BCUT2D eigenvalue weighted by Gasteiger charge is 2.19. The van der Waals surface area contributed by atoms with Crippen LogP contribution in [0.1, 0.15) is 25.3 Å². The minimum atomic E-state index is 0.389. The highest BCUT2D eigenvalue weighted by atomic mass is 16.5. The van der Waals surface area contributed by atoms with E-state index in [1.807, 2.05) is 0 Å². The van der Waals surface area contributed by atoms with Crippen molar-refractivity contribution in [3.05, 3.63) is 29.8 Å². The number of rotatable bonds is 2. The van der Waals surface area contributed by atoms with Gasteiger partial charge in [-0.1, -0.05) is 18.2 Å². The number of ether oxygens (including phenoxy) is 1. The van der Waals surface area contributed by atoms with E-state index in [4.69, 9.17) is 4.74 Å².